The van der Waals surface area contributed by atoms with Gasteiger partial charge in [0.05, 0.1) is 33.1 Å². The summed E-state index contributed by atoms with van der Waals surface area (Å²) in [5.41, 5.74) is 16.8. The maximum absolute atomic E-state index is 2.44. The predicted octanol–water partition coefficient (Wildman–Crippen LogP) is 20.2. The molecule has 0 N–H and O–H groups in total. The number of hydrogen-bond acceptors (Lipinski definition) is 2. The lowest BCUT2D eigenvalue weighted by Crippen LogP contribution is -2.10. The van der Waals surface area contributed by atoms with Crippen LogP contribution in [0.15, 0.2) is 297 Å². The van der Waals surface area contributed by atoms with Gasteiger partial charge in [-0.2, -0.15) is 0 Å². The fraction of sp³-hybridized carbons (Fsp3) is 0. The smallest absolute Gasteiger partial charge is 0.0542 e. The second-order valence-corrected chi connectivity index (χ2v) is 20.6. The van der Waals surface area contributed by atoms with Gasteiger partial charge in [-0.1, -0.05) is 152 Å². The molecule has 0 atom stereocenters. The standard InChI is InChI=1S/C74H49N5/c1-4-22-54(23-5-1)77-69-30-16-14-28-63(69)65-46-59(36-40-71(65)77)75(57-34-32-50-18-10-12-20-52(50)44-57)61-38-42-73-67(48-61)68-49-62(39-43-74(68)79(73)56-26-8-3-9-27-56)76(58-35-33-51-19-11-13-21-53(51)45-58)60-37-41-72-66(47-60)64-29-15-17-31-70(64)78(72)55-24-6-2-7-25-55/h1-49H. The fourth-order valence-electron chi connectivity index (χ4n) is 12.6. The largest absolute Gasteiger partial charge is 0.310 e. The van der Waals surface area contributed by atoms with Crippen LogP contribution < -0.4 is 9.80 Å². The van der Waals surface area contributed by atoms with Crippen LogP contribution in [0.5, 0.6) is 0 Å². The van der Waals surface area contributed by atoms with Gasteiger partial charge in [0.25, 0.3) is 0 Å². The van der Waals surface area contributed by atoms with Crippen molar-refractivity contribution < 1.29 is 0 Å². The highest BCUT2D eigenvalue weighted by Gasteiger charge is 2.23. The first-order valence-corrected chi connectivity index (χ1v) is 27.1. The molecular weight excluding hydrogens is 959 g/mol. The lowest BCUT2D eigenvalue weighted by molar-refractivity contribution is 1.18. The van der Waals surface area contributed by atoms with Gasteiger partial charge in [0.2, 0.25) is 0 Å². The highest BCUT2D eigenvalue weighted by Crippen LogP contribution is 2.46. The molecule has 79 heavy (non-hydrogen) atoms. The van der Waals surface area contributed by atoms with Gasteiger partial charge in [-0.15, -0.1) is 0 Å². The summed E-state index contributed by atoms with van der Waals surface area (Å²) < 4.78 is 7.20. The average molecular weight is 1010 g/mol. The summed E-state index contributed by atoms with van der Waals surface area (Å²) in [6.07, 6.45) is 0. The van der Waals surface area contributed by atoms with E-state index in [1.54, 1.807) is 0 Å². The van der Waals surface area contributed by atoms with Crippen molar-refractivity contribution in [1.82, 2.24) is 13.7 Å². The van der Waals surface area contributed by atoms with Crippen LogP contribution in [-0.4, -0.2) is 13.7 Å². The SMILES string of the molecule is c1ccc(-n2c3ccccc3c3cc(N(c4ccc5ccccc5c4)c4ccc5c(c4)c4cc(N(c6ccc7ccccc7c6)c6ccc7c(c6)c6ccccc6n7-c6ccccc6)ccc4n5-c4ccccc4)ccc32)cc1. The van der Waals surface area contributed by atoms with E-state index in [0.717, 1.165) is 73.0 Å². The third-order valence-electron chi connectivity index (χ3n) is 16.1. The van der Waals surface area contributed by atoms with E-state index in [0.29, 0.717) is 0 Å². The Hall–Kier alpha value is -10.6. The minimum absolute atomic E-state index is 1.07. The van der Waals surface area contributed by atoms with E-state index in [1.807, 2.05) is 0 Å². The molecule has 0 fully saturated rings. The molecule has 3 heterocycles. The van der Waals surface area contributed by atoms with Crippen molar-refractivity contribution >= 4 is 121 Å². The molecule has 0 aliphatic heterocycles. The van der Waals surface area contributed by atoms with Crippen molar-refractivity contribution in [3.63, 3.8) is 0 Å². The zero-order valence-electron chi connectivity index (χ0n) is 43.0. The Labute approximate surface area is 456 Å². The molecule has 16 rings (SSSR count). The van der Waals surface area contributed by atoms with E-state index in [9.17, 15) is 0 Å². The maximum Gasteiger partial charge on any atom is 0.0542 e. The molecule has 16 aromatic rings. The van der Waals surface area contributed by atoms with Gasteiger partial charge in [-0.05, 0) is 167 Å². The third-order valence-corrected chi connectivity index (χ3v) is 16.1. The summed E-state index contributed by atoms with van der Waals surface area (Å²) in [5, 5.41) is 11.9. The molecule has 370 valence electrons. The van der Waals surface area contributed by atoms with Gasteiger partial charge in [0, 0.05) is 83.5 Å². The van der Waals surface area contributed by atoms with Crippen molar-refractivity contribution in [3.05, 3.63) is 297 Å². The molecule has 0 unspecified atom stereocenters. The van der Waals surface area contributed by atoms with Crippen LogP contribution in [0.2, 0.25) is 0 Å². The monoisotopic (exact) mass is 1010 g/mol. The number of benzene rings is 13. The zero-order chi connectivity index (χ0) is 52.0. The Balaban J connectivity index is 0.932. The summed E-state index contributed by atoms with van der Waals surface area (Å²) in [5.74, 6) is 0. The molecule has 0 spiro atoms. The van der Waals surface area contributed by atoms with Crippen molar-refractivity contribution in [2.75, 3.05) is 9.80 Å². The fourth-order valence-corrected chi connectivity index (χ4v) is 12.6. The molecule has 0 bridgehead atoms. The number of rotatable bonds is 9. The lowest BCUT2D eigenvalue weighted by Gasteiger charge is -2.27. The molecule has 0 radical (unpaired) electrons. The molecule has 13 aromatic carbocycles. The molecule has 0 aliphatic rings. The average Bonchev–Trinajstić information content (AvgIpc) is 4.29. The predicted molar refractivity (Wildman–Crippen MR) is 334 cm³/mol. The third kappa shape index (κ3) is 7.25. The topological polar surface area (TPSA) is 21.3 Å². The first-order valence-electron chi connectivity index (χ1n) is 27.1. The van der Waals surface area contributed by atoms with Gasteiger partial charge >= 0.3 is 0 Å². The van der Waals surface area contributed by atoms with E-state index in [1.165, 1.54) is 65.2 Å². The molecule has 0 saturated carbocycles. The minimum Gasteiger partial charge on any atom is -0.310 e. The van der Waals surface area contributed by atoms with Crippen LogP contribution in [0.25, 0.3) is 104 Å². The number of hydrogen-bond donors (Lipinski definition) is 0. The Kier molecular flexibility index (Phi) is 10.2. The van der Waals surface area contributed by atoms with E-state index < -0.39 is 0 Å². The van der Waals surface area contributed by atoms with Crippen LogP contribution >= 0.6 is 0 Å². The quantitative estimate of drug-likeness (QED) is 0.144. The summed E-state index contributed by atoms with van der Waals surface area (Å²) in [7, 11) is 0. The Morgan fingerprint density at radius 2 is 0.430 bits per heavy atom. The molecule has 5 nitrogen and oxygen atoms in total. The van der Waals surface area contributed by atoms with E-state index >= 15 is 0 Å². The normalized spacial score (nSPS) is 11.8. The van der Waals surface area contributed by atoms with Crippen molar-refractivity contribution in [2.24, 2.45) is 0 Å². The maximum atomic E-state index is 2.44. The molecule has 0 aliphatic carbocycles. The Bertz CT molecular complexity index is 4730. The molecule has 0 saturated heterocycles. The Morgan fingerprint density at radius 3 is 0.785 bits per heavy atom. The van der Waals surface area contributed by atoms with Gasteiger partial charge in [-0.3, -0.25) is 0 Å². The van der Waals surface area contributed by atoms with Crippen LogP contribution in [0.1, 0.15) is 0 Å². The van der Waals surface area contributed by atoms with Crippen LogP contribution in [0.4, 0.5) is 34.1 Å². The van der Waals surface area contributed by atoms with Gasteiger partial charge in [-0.25, -0.2) is 0 Å². The van der Waals surface area contributed by atoms with Crippen molar-refractivity contribution in [3.8, 4) is 17.1 Å². The first-order chi connectivity index (χ1) is 39.2. The van der Waals surface area contributed by atoms with Gasteiger partial charge in [0.15, 0.2) is 0 Å². The van der Waals surface area contributed by atoms with Crippen LogP contribution in [-0.2, 0) is 0 Å². The second kappa shape index (κ2) is 18.0. The molecule has 5 heteroatoms. The summed E-state index contributed by atoms with van der Waals surface area (Å²) in [4.78, 5) is 4.88. The second-order valence-electron chi connectivity index (χ2n) is 20.6. The number of nitrogens with zero attached hydrogens (tertiary/aromatic N) is 5. The van der Waals surface area contributed by atoms with Crippen LogP contribution in [0, 0.1) is 0 Å². The van der Waals surface area contributed by atoms with Crippen molar-refractivity contribution in [2.45, 2.75) is 0 Å². The first kappa shape index (κ1) is 44.7. The highest BCUT2D eigenvalue weighted by atomic mass is 15.2. The molecule has 3 aromatic heterocycles. The molecule has 0 amide bonds. The summed E-state index contributed by atoms with van der Waals surface area (Å²) >= 11 is 0. The minimum atomic E-state index is 1.07. The van der Waals surface area contributed by atoms with E-state index in [4.69, 9.17) is 0 Å². The Morgan fingerprint density at radius 1 is 0.177 bits per heavy atom. The number of aromatic nitrogens is 3. The summed E-state index contributed by atoms with van der Waals surface area (Å²) in [6, 6.07) is 109. The van der Waals surface area contributed by atoms with Gasteiger partial charge < -0.3 is 23.5 Å². The zero-order valence-corrected chi connectivity index (χ0v) is 43.0. The number of anilines is 6. The van der Waals surface area contributed by atoms with E-state index in [-0.39, 0.29) is 0 Å². The van der Waals surface area contributed by atoms with E-state index in [2.05, 4.69) is 321 Å². The van der Waals surface area contributed by atoms with Crippen LogP contribution in [0.3, 0.4) is 0 Å². The molecular formula is C74H49N5. The van der Waals surface area contributed by atoms with Crippen molar-refractivity contribution in [1.29, 1.82) is 0 Å². The number of para-hydroxylation sites is 5. The highest BCUT2D eigenvalue weighted by molar-refractivity contribution is 6.15. The number of fused-ring (bicyclic) bond motifs is 11. The van der Waals surface area contributed by atoms with Gasteiger partial charge in [0.1, 0.15) is 0 Å². The lowest BCUT2D eigenvalue weighted by atomic mass is 10.1. The summed E-state index contributed by atoms with van der Waals surface area (Å²) in [6.45, 7) is 0.